The van der Waals surface area contributed by atoms with Gasteiger partial charge in [0.25, 0.3) is 0 Å². The van der Waals surface area contributed by atoms with Gasteiger partial charge in [0.2, 0.25) is 6.29 Å². The molecule has 0 aliphatic rings. The number of rotatable bonds is 4. The maximum absolute atomic E-state index is 7.02. The van der Waals surface area contributed by atoms with Gasteiger partial charge in [0, 0.05) is 5.56 Å². The monoisotopic (exact) mass is 211 g/mol. The molecule has 2 aromatic carbocycles. The van der Waals surface area contributed by atoms with E-state index in [-0.39, 0.29) is 0 Å². The van der Waals surface area contributed by atoms with Gasteiger partial charge in [-0.15, -0.1) is 0 Å². The maximum atomic E-state index is 7.02. The minimum absolute atomic E-state index is 0.684. The third kappa shape index (κ3) is 2.61. The Morgan fingerprint density at radius 1 is 0.812 bits per heavy atom. The number of hydrogen-bond acceptors (Lipinski definition) is 2. The van der Waals surface area contributed by atoms with E-state index in [9.17, 15) is 0 Å². The van der Waals surface area contributed by atoms with Crippen molar-refractivity contribution >= 4 is 0 Å². The minimum Gasteiger partial charge on any atom is -0.461 e. The summed E-state index contributed by atoms with van der Waals surface area (Å²) in [7, 11) is 7.02. The van der Waals surface area contributed by atoms with Gasteiger partial charge >= 0.3 is 0 Å². The molecule has 1 atom stereocenters. The topological polar surface area (TPSA) is 18.5 Å². The van der Waals surface area contributed by atoms with E-state index in [0.717, 1.165) is 5.56 Å². The van der Waals surface area contributed by atoms with Crippen LogP contribution in [0.1, 0.15) is 11.9 Å². The van der Waals surface area contributed by atoms with Crippen LogP contribution in [0.5, 0.6) is 5.75 Å². The first-order valence-corrected chi connectivity index (χ1v) is 4.99. The van der Waals surface area contributed by atoms with Crippen molar-refractivity contribution in [3.63, 3.8) is 0 Å². The summed E-state index contributed by atoms with van der Waals surface area (Å²) in [4.78, 5) is 0. The first-order chi connectivity index (χ1) is 7.90. The van der Waals surface area contributed by atoms with E-state index >= 15 is 0 Å². The molecule has 0 N–H and O–H groups in total. The second-order valence-electron chi connectivity index (χ2n) is 3.29. The zero-order valence-electron chi connectivity index (χ0n) is 8.67. The summed E-state index contributed by atoms with van der Waals surface area (Å²) >= 11 is 0. The zero-order chi connectivity index (χ0) is 11.2. The first-order valence-electron chi connectivity index (χ1n) is 4.99. The van der Waals surface area contributed by atoms with Gasteiger partial charge in [-0.2, -0.15) is 0 Å². The van der Waals surface area contributed by atoms with Crippen LogP contribution in [0.2, 0.25) is 0 Å². The maximum Gasteiger partial charge on any atom is 0.227 e. The fraction of sp³-hybridized carbons (Fsp3) is 0.0714. The van der Waals surface area contributed by atoms with Gasteiger partial charge in [-0.1, -0.05) is 48.5 Å². The van der Waals surface area contributed by atoms with E-state index in [0.29, 0.717) is 5.75 Å². The van der Waals surface area contributed by atoms with Crippen molar-refractivity contribution in [1.82, 2.24) is 0 Å². The van der Waals surface area contributed by atoms with Crippen LogP contribution in [0.3, 0.4) is 0 Å². The van der Waals surface area contributed by atoms with Crippen molar-refractivity contribution < 1.29 is 9.47 Å². The van der Waals surface area contributed by atoms with Gasteiger partial charge in [0.1, 0.15) is 5.75 Å². The molecule has 1 unspecified atom stereocenters. The van der Waals surface area contributed by atoms with E-state index in [1.165, 1.54) is 0 Å². The van der Waals surface area contributed by atoms with Crippen molar-refractivity contribution in [3.8, 4) is 5.75 Å². The van der Waals surface area contributed by atoms with Crippen LogP contribution < -0.4 is 4.74 Å². The van der Waals surface area contributed by atoms with Gasteiger partial charge in [-0.05, 0) is 12.1 Å². The lowest BCUT2D eigenvalue weighted by atomic mass is 10.2. The average Bonchev–Trinajstić information content (AvgIpc) is 2.38. The average molecular weight is 211 g/mol. The molecule has 0 aromatic heterocycles. The molecule has 0 bridgehead atoms. The lowest BCUT2D eigenvalue weighted by Crippen LogP contribution is -2.08. The van der Waals surface area contributed by atoms with Crippen LogP contribution in [0.25, 0.3) is 0 Å². The molecule has 0 aliphatic heterocycles. The largest absolute Gasteiger partial charge is 0.461 e. The molecule has 0 spiro atoms. The lowest BCUT2D eigenvalue weighted by Gasteiger charge is -2.16. The van der Waals surface area contributed by atoms with Gasteiger partial charge in [-0.3, -0.25) is 0 Å². The predicted octanol–water partition coefficient (Wildman–Crippen LogP) is 3.33. The molecule has 0 saturated heterocycles. The van der Waals surface area contributed by atoms with E-state index < -0.39 is 6.29 Å². The van der Waals surface area contributed by atoms with Gasteiger partial charge in [-0.25, -0.2) is 0 Å². The second kappa shape index (κ2) is 5.33. The van der Waals surface area contributed by atoms with Crippen molar-refractivity contribution in [1.29, 1.82) is 0 Å². The summed E-state index contributed by atoms with van der Waals surface area (Å²) in [6.07, 6.45) is -0.691. The third-order valence-corrected chi connectivity index (χ3v) is 2.17. The van der Waals surface area contributed by atoms with Gasteiger partial charge in [0.05, 0.1) is 0 Å². The lowest BCUT2D eigenvalue weighted by molar-refractivity contribution is -0.0359. The van der Waals surface area contributed by atoms with E-state index in [1.54, 1.807) is 0 Å². The van der Waals surface area contributed by atoms with Crippen LogP contribution in [-0.4, -0.2) is 0 Å². The molecule has 0 heterocycles. The Hall–Kier alpha value is -1.80. The molecule has 2 heteroatoms. The molecule has 3 radical (unpaired) electrons. The summed E-state index contributed by atoms with van der Waals surface area (Å²) in [5.41, 5.74) is 0.821. The Bertz CT molecular complexity index is 411. The first kappa shape index (κ1) is 10.7. The van der Waals surface area contributed by atoms with Crippen molar-refractivity contribution in [3.05, 3.63) is 73.3 Å². The number of para-hydroxylation sites is 1. The Morgan fingerprint density at radius 2 is 1.38 bits per heavy atom. The second-order valence-corrected chi connectivity index (χ2v) is 3.29. The normalized spacial score (nSPS) is 12.1. The summed E-state index contributed by atoms with van der Waals surface area (Å²) in [5, 5.41) is 0. The van der Waals surface area contributed by atoms with Crippen molar-refractivity contribution in [2.75, 3.05) is 0 Å². The van der Waals surface area contributed by atoms with E-state index in [1.807, 2.05) is 60.7 Å². The molecule has 0 aliphatic carbocycles. The molecule has 2 rings (SSSR count). The molecule has 0 saturated carbocycles. The number of ether oxygens (including phenoxy) is 2. The highest BCUT2D eigenvalue weighted by Crippen LogP contribution is 2.22. The van der Waals surface area contributed by atoms with Crippen LogP contribution in [-0.2, 0) is 4.74 Å². The molecule has 0 amide bonds. The van der Waals surface area contributed by atoms with Crippen LogP contribution in [0, 0.1) is 7.11 Å². The molecule has 2 aromatic rings. The quantitative estimate of drug-likeness (QED) is 0.722. The fourth-order valence-electron chi connectivity index (χ4n) is 1.39. The van der Waals surface area contributed by atoms with Crippen LogP contribution in [0.4, 0.5) is 0 Å². The molecule has 79 valence electrons. The minimum atomic E-state index is -0.691. The molecule has 16 heavy (non-hydrogen) atoms. The SMILES string of the molecule is [C]OC(Oc1ccccc1)c1ccccc1. The smallest absolute Gasteiger partial charge is 0.227 e. The summed E-state index contributed by atoms with van der Waals surface area (Å²) in [6, 6.07) is 18.7. The van der Waals surface area contributed by atoms with Crippen LogP contribution >= 0.6 is 0 Å². The number of hydrogen-bond donors (Lipinski definition) is 0. The van der Waals surface area contributed by atoms with Crippen molar-refractivity contribution in [2.45, 2.75) is 6.29 Å². The third-order valence-electron chi connectivity index (χ3n) is 2.17. The standard InChI is InChI=1S/C14H11O2/c1-15-14(12-8-4-2-5-9-12)16-13-10-6-3-7-11-13/h2-11,14H. The molecule has 0 fully saturated rings. The Morgan fingerprint density at radius 3 is 1.94 bits per heavy atom. The predicted molar refractivity (Wildman–Crippen MR) is 60.6 cm³/mol. The number of benzene rings is 2. The van der Waals surface area contributed by atoms with Crippen LogP contribution in [0.15, 0.2) is 60.7 Å². The van der Waals surface area contributed by atoms with Gasteiger partial charge < -0.3 is 9.47 Å². The Balaban J connectivity index is 2.13. The van der Waals surface area contributed by atoms with Gasteiger partial charge in [0.15, 0.2) is 7.11 Å². The molecular formula is C14H11O2. The molecular weight excluding hydrogens is 200 g/mol. The van der Waals surface area contributed by atoms with E-state index in [2.05, 4.69) is 4.74 Å². The Labute approximate surface area is 95.4 Å². The summed E-state index contributed by atoms with van der Waals surface area (Å²) in [5.74, 6) is 0.684. The molecule has 2 nitrogen and oxygen atoms in total. The summed E-state index contributed by atoms with van der Waals surface area (Å²) in [6.45, 7) is 0. The van der Waals surface area contributed by atoms with Crippen molar-refractivity contribution in [2.24, 2.45) is 0 Å². The summed E-state index contributed by atoms with van der Waals surface area (Å²) < 4.78 is 10.1. The zero-order valence-corrected chi connectivity index (χ0v) is 8.67. The fourth-order valence-corrected chi connectivity index (χ4v) is 1.39. The highest BCUT2D eigenvalue weighted by molar-refractivity contribution is 5.23. The Kier molecular flexibility index (Phi) is 3.57. The highest BCUT2D eigenvalue weighted by atomic mass is 16.7. The highest BCUT2D eigenvalue weighted by Gasteiger charge is 2.11. The van der Waals surface area contributed by atoms with E-state index in [4.69, 9.17) is 11.8 Å².